The van der Waals surface area contributed by atoms with Gasteiger partial charge in [0.15, 0.2) is 0 Å². The van der Waals surface area contributed by atoms with Gasteiger partial charge in [0.1, 0.15) is 6.54 Å². The molecule has 0 spiro atoms. The number of fused-ring (bicyclic) bond motifs is 1. The Kier molecular flexibility index (Phi) is 4.32. The van der Waals surface area contributed by atoms with Crippen LogP contribution in [0, 0.1) is 13.8 Å². The van der Waals surface area contributed by atoms with E-state index in [-0.39, 0.29) is 10.5 Å². The fraction of sp³-hybridized carbons (Fsp3) is 0.176. The second kappa shape index (κ2) is 6.30. The molecule has 0 fully saturated rings. The number of aryl methyl sites for hydroxylation is 2. The Labute approximate surface area is 145 Å². The third kappa shape index (κ3) is 3.26. The molecule has 0 atom stereocenters. The monoisotopic (exact) mass is 359 g/mol. The van der Waals surface area contributed by atoms with Gasteiger partial charge in [0, 0.05) is 5.69 Å². The molecule has 0 aliphatic carbocycles. The van der Waals surface area contributed by atoms with Gasteiger partial charge in [-0.1, -0.05) is 18.2 Å². The van der Waals surface area contributed by atoms with E-state index in [1.165, 1.54) is 18.2 Å². The molecule has 0 aromatic heterocycles. The van der Waals surface area contributed by atoms with Gasteiger partial charge in [-0.15, -0.1) is 4.41 Å². The van der Waals surface area contributed by atoms with Crippen LogP contribution < -0.4 is 10.7 Å². The molecule has 0 radical (unpaired) electrons. The van der Waals surface area contributed by atoms with Gasteiger partial charge in [-0.05, 0) is 49.2 Å². The molecule has 25 heavy (non-hydrogen) atoms. The molecule has 130 valence electrons. The smallest absolute Gasteiger partial charge is 0.267 e. The Hall–Kier alpha value is -2.71. The Bertz CT molecular complexity index is 970. The van der Waals surface area contributed by atoms with Crippen LogP contribution in [0.2, 0.25) is 0 Å². The Balaban J connectivity index is 1.80. The van der Waals surface area contributed by atoms with Crippen molar-refractivity contribution in [1.82, 2.24) is 9.84 Å². The second-order valence-electron chi connectivity index (χ2n) is 5.80. The molecule has 2 aromatic rings. The highest BCUT2D eigenvalue weighted by Gasteiger charge is 2.36. The van der Waals surface area contributed by atoms with Crippen LogP contribution in [-0.4, -0.2) is 31.2 Å². The van der Waals surface area contributed by atoms with Crippen LogP contribution in [0.15, 0.2) is 47.4 Å². The van der Waals surface area contributed by atoms with Gasteiger partial charge in [-0.3, -0.25) is 15.0 Å². The van der Waals surface area contributed by atoms with E-state index in [9.17, 15) is 18.0 Å². The van der Waals surface area contributed by atoms with Crippen molar-refractivity contribution in [3.05, 3.63) is 59.2 Å². The summed E-state index contributed by atoms with van der Waals surface area (Å²) in [6.45, 7) is 3.35. The van der Waals surface area contributed by atoms with Crippen molar-refractivity contribution in [3.63, 3.8) is 0 Å². The number of hydrogen-bond donors (Lipinski definition) is 2. The van der Waals surface area contributed by atoms with Crippen molar-refractivity contribution in [1.29, 1.82) is 0 Å². The number of hydrazine groups is 1. The number of rotatable bonds is 3. The van der Waals surface area contributed by atoms with Crippen molar-refractivity contribution >= 4 is 27.5 Å². The van der Waals surface area contributed by atoms with E-state index in [2.05, 4.69) is 10.7 Å². The number of nitrogens with zero attached hydrogens (tertiary/aromatic N) is 1. The third-order valence-corrected chi connectivity index (χ3v) is 5.72. The van der Waals surface area contributed by atoms with Crippen molar-refractivity contribution in [2.24, 2.45) is 0 Å². The number of sulfonamides is 1. The summed E-state index contributed by atoms with van der Waals surface area (Å²) in [7, 11) is -3.98. The first-order chi connectivity index (χ1) is 11.8. The molecule has 0 saturated carbocycles. The largest absolute Gasteiger partial charge is 0.325 e. The highest BCUT2D eigenvalue weighted by Crippen LogP contribution is 2.23. The van der Waals surface area contributed by atoms with Crippen LogP contribution in [0.4, 0.5) is 5.69 Å². The van der Waals surface area contributed by atoms with Gasteiger partial charge in [0.2, 0.25) is 5.91 Å². The highest BCUT2D eigenvalue weighted by atomic mass is 32.2. The fourth-order valence-electron chi connectivity index (χ4n) is 2.51. The molecule has 0 bridgehead atoms. The molecule has 1 aliphatic heterocycles. The lowest BCUT2D eigenvalue weighted by molar-refractivity contribution is -0.116. The van der Waals surface area contributed by atoms with Gasteiger partial charge in [0.05, 0.1) is 10.5 Å². The minimum Gasteiger partial charge on any atom is -0.325 e. The number of nitrogens with one attached hydrogen (secondary N) is 2. The SMILES string of the molecule is Cc1ccc(NC(=O)CN2NC(=O)c3ccccc3S2(=O)=O)cc1C. The van der Waals surface area contributed by atoms with Gasteiger partial charge in [-0.2, -0.15) is 0 Å². The van der Waals surface area contributed by atoms with Gasteiger partial charge in [0.25, 0.3) is 15.9 Å². The molecular weight excluding hydrogens is 342 g/mol. The number of hydrogen-bond acceptors (Lipinski definition) is 4. The maximum absolute atomic E-state index is 12.6. The molecular formula is C17H17N3O4S. The lowest BCUT2D eigenvalue weighted by Crippen LogP contribution is -2.53. The number of amides is 2. The third-order valence-electron chi connectivity index (χ3n) is 4.00. The minimum atomic E-state index is -3.98. The molecule has 2 aromatic carbocycles. The standard InChI is InChI=1S/C17H17N3O4S/c1-11-7-8-13(9-12(11)2)18-16(21)10-20-19-17(22)14-5-3-4-6-15(14)25(20,23)24/h3-9H,10H2,1-2H3,(H,18,21)(H,19,22). The van der Waals surface area contributed by atoms with E-state index in [4.69, 9.17) is 0 Å². The molecule has 0 unspecified atom stereocenters. The average Bonchev–Trinajstić information content (AvgIpc) is 2.56. The molecule has 1 heterocycles. The van der Waals surface area contributed by atoms with E-state index in [1.807, 2.05) is 19.9 Å². The first-order valence-corrected chi connectivity index (χ1v) is 9.03. The van der Waals surface area contributed by atoms with Crippen LogP contribution >= 0.6 is 0 Å². The van der Waals surface area contributed by atoms with E-state index in [0.717, 1.165) is 11.1 Å². The molecule has 2 N–H and O–H groups in total. The normalized spacial score (nSPS) is 16.0. The zero-order valence-corrected chi connectivity index (χ0v) is 14.6. The summed E-state index contributed by atoms with van der Waals surface area (Å²) in [5, 5.41) is 2.64. The van der Waals surface area contributed by atoms with Crippen LogP contribution in [-0.2, 0) is 14.8 Å². The summed E-state index contributed by atoms with van der Waals surface area (Å²) >= 11 is 0. The lowest BCUT2D eigenvalue weighted by atomic mass is 10.1. The minimum absolute atomic E-state index is 0.0633. The maximum Gasteiger partial charge on any atom is 0.267 e. The zero-order chi connectivity index (χ0) is 18.2. The van der Waals surface area contributed by atoms with Crippen molar-refractivity contribution in [3.8, 4) is 0 Å². The predicted molar refractivity (Wildman–Crippen MR) is 92.3 cm³/mol. The molecule has 0 saturated heterocycles. The maximum atomic E-state index is 12.6. The molecule has 2 amide bonds. The average molecular weight is 359 g/mol. The van der Waals surface area contributed by atoms with Crippen molar-refractivity contribution in [2.45, 2.75) is 18.7 Å². The summed E-state index contributed by atoms with van der Waals surface area (Å²) in [4.78, 5) is 24.2. The topological polar surface area (TPSA) is 95.6 Å². The zero-order valence-electron chi connectivity index (χ0n) is 13.7. The van der Waals surface area contributed by atoms with E-state index in [1.54, 1.807) is 18.2 Å². The lowest BCUT2D eigenvalue weighted by Gasteiger charge is -2.27. The van der Waals surface area contributed by atoms with Crippen molar-refractivity contribution < 1.29 is 18.0 Å². The second-order valence-corrected chi connectivity index (χ2v) is 7.63. The van der Waals surface area contributed by atoms with Crippen LogP contribution in [0.25, 0.3) is 0 Å². The number of carbonyl (C=O) groups is 2. The quantitative estimate of drug-likeness (QED) is 0.870. The first kappa shape index (κ1) is 17.1. The molecule has 3 rings (SSSR count). The fourth-order valence-corrected chi connectivity index (χ4v) is 3.92. The summed E-state index contributed by atoms with van der Waals surface area (Å²) in [5.74, 6) is -1.11. The molecule has 8 heteroatoms. The molecule has 7 nitrogen and oxygen atoms in total. The predicted octanol–water partition coefficient (Wildman–Crippen LogP) is 1.59. The Morgan fingerprint density at radius 1 is 1.12 bits per heavy atom. The summed E-state index contributed by atoms with van der Waals surface area (Å²) in [6.07, 6.45) is 0. The first-order valence-electron chi connectivity index (χ1n) is 7.59. The van der Waals surface area contributed by atoms with Gasteiger partial charge in [-0.25, -0.2) is 8.42 Å². The highest BCUT2D eigenvalue weighted by molar-refractivity contribution is 7.89. The Morgan fingerprint density at radius 3 is 2.56 bits per heavy atom. The number of carbonyl (C=O) groups excluding carboxylic acids is 2. The van der Waals surface area contributed by atoms with E-state index >= 15 is 0 Å². The molecule has 1 aliphatic rings. The summed E-state index contributed by atoms with van der Waals surface area (Å²) in [6, 6.07) is 11.3. The van der Waals surface area contributed by atoms with Gasteiger partial charge >= 0.3 is 0 Å². The number of anilines is 1. The van der Waals surface area contributed by atoms with Crippen LogP contribution in [0.3, 0.4) is 0 Å². The Morgan fingerprint density at radius 2 is 1.84 bits per heavy atom. The van der Waals surface area contributed by atoms with Gasteiger partial charge < -0.3 is 5.32 Å². The summed E-state index contributed by atoms with van der Waals surface area (Å²) in [5.41, 5.74) is 4.96. The van der Waals surface area contributed by atoms with Crippen molar-refractivity contribution in [2.75, 3.05) is 11.9 Å². The van der Waals surface area contributed by atoms with E-state index in [0.29, 0.717) is 10.1 Å². The number of benzene rings is 2. The van der Waals surface area contributed by atoms with Crippen LogP contribution in [0.5, 0.6) is 0 Å². The van der Waals surface area contributed by atoms with Crippen LogP contribution in [0.1, 0.15) is 21.5 Å². The summed E-state index contributed by atoms with van der Waals surface area (Å²) < 4.78 is 25.8. The van der Waals surface area contributed by atoms with E-state index < -0.39 is 28.4 Å².